The fourth-order valence-corrected chi connectivity index (χ4v) is 2.57. The number of hydrogen-bond donors (Lipinski definition) is 0. The first-order valence-electron chi connectivity index (χ1n) is 6.18. The maximum Gasteiger partial charge on any atom is 0.436 e. The topological polar surface area (TPSA) is 44.1 Å². The van der Waals surface area contributed by atoms with E-state index in [2.05, 4.69) is 9.84 Å². The summed E-state index contributed by atoms with van der Waals surface area (Å²) < 4.78 is 81.8. The first kappa shape index (κ1) is 19.4. The summed E-state index contributed by atoms with van der Waals surface area (Å²) in [4.78, 5) is 11.5. The largest absolute Gasteiger partial charge is 0.465 e. The Labute approximate surface area is 145 Å². The second-order valence-corrected chi connectivity index (χ2v) is 5.43. The van der Waals surface area contributed by atoms with Gasteiger partial charge in [0.05, 0.1) is 22.7 Å². The van der Waals surface area contributed by atoms with E-state index in [9.17, 15) is 31.1 Å². The molecule has 0 radical (unpaired) electrons. The summed E-state index contributed by atoms with van der Waals surface area (Å²) in [5, 5.41) is 1.97. The molecular formula is C13H6Cl2F6N2O2. The monoisotopic (exact) mass is 406 g/mol. The Morgan fingerprint density at radius 3 is 2.00 bits per heavy atom. The lowest BCUT2D eigenvalue weighted by Gasteiger charge is -2.12. The minimum Gasteiger partial charge on any atom is -0.465 e. The van der Waals surface area contributed by atoms with E-state index in [1.807, 2.05) is 0 Å². The highest BCUT2D eigenvalue weighted by atomic mass is 35.5. The lowest BCUT2D eigenvalue weighted by molar-refractivity contribution is -0.141. The average molecular weight is 407 g/mol. The van der Waals surface area contributed by atoms with Gasteiger partial charge in [-0.3, -0.25) is 0 Å². The van der Waals surface area contributed by atoms with E-state index < -0.39 is 50.9 Å². The number of rotatable bonds is 2. The molecule has 0 atom stereocenters. The molecule has 0 saturated carbocycles. The van der Waals surface area contributed by atoms with Gasteiger partial charge in [0, 0.05) is 6.20 Å². The molecule has 0 saturated heterocycles. The zero-order valence-corrected chi connectivity index (χ0v) is 13.5. The van der Waals surface area contributed by atoms with Gasteiger partial charge >= 0.3 is 18.3 Å². The molecule has 0 unspecified atom stereocenters. The van der Waals surface area contributed by atoms with Gasteiger partial charge in [0.25, 0.3) is 0 Å². The van der Waals surface area contributed by atoms with Gasteiger partial charge in [-0.2, -0.15) is 31.4 Å². The highest BCUT2D eigenvalue weighted by Crippen LogP contribution is 2.38. The SMILES string of the molecule is COC(=O)c1cn(-c2c(Cl)cc(C(F)(F)F)cc2Cl)nc1C(F)(F)F. The van der Waals surface area contributed by atoms with Crippen LogP contribution in [0.1, 0.15) is 21.6 Å². The molecule has 0 bridgehead atoms. The molecule has 25 heavy (non-hydrogen) atoms. The van der Waals surface area contributed by atoms with Gasteiger partial charge < -0.3 is 4.74 Å². The summed E-state index contributed by atoms with van der Waals surface area (Å²) in [5.41, 5.74) is -4.17. The normalized spacial score (nSPS) is 12.4. The Hall–Kier alpha value is -1.94. The van der Waals surface area contributed by atoms with Crippen molar-refractivity contribution in [3.8, 4) is 5.69 Å². The van der Waals surface area contributed by atoms with E-state index in [1.54, 1.807) is 0 Å². The molecule has 0 spiro atoms. The van der Waals surface area contributed by atoms with Crippen LogP contribution < -0.4 is 0 Å². The third-order valence-corrected chi connectivity index (χ3v) is 3.54. The van der Waals surface area contributed by atoms with Crippen molar-refractivity contribution in [1.29, 1.82) is 0 Å². The summed E-state index contributed by atoms with van der Waals surface area (Å²) in [6.07, 6.45) is -9.15. The number of alkyl halides is 6. The summed E-state index contributed by atoms with van der Waals surface area (Å²) in [5.74, 6) is -1.34. The van der Waals surface area contributed by atoms with E-state index >= 15 is 0 Å². The van der Waals surface area contributed by atoms with Crippen molar-refractivity contribution in [2.75, 3.05) is 7.11 Å². The quantitative estimate of drug-likeness (QED) is 0.520. The van der Waals surface area contributed by atoms with E-state index in [0.717, 1.165) is 7.11 Å². The predicted molar refractivity (Wildman–Crippen MR) is 74.9 cm³/mol. The Bertz CT molecular complexity index is 806. The van der Waals surface area contributed by atoms with Gasteiger partial charge in [-0.15, -0.1) is 0 Å². The first-order valence-corrected chi connectivity index (χ1v) is 6.93. The molecule has 0 fully saturated rings. The zero-order chi connectivity index (χ0) is 19.2. The van der Waals surface area contributed by atoms with Gasteiger partial charge in [0.2, 0.25) is 0 Å². The van der Waals surface area contributed by atoms with Crippen molar-refractivity contribution in [1.82, 2.24) is 9.78 Å². The van der Waals surface area contributed by atoms with Gasteiger partial charge in [0.15, 0.2) is 5.69 Å². The van der Waals surface area contributed by atoms with Crippen LogP contribution in [0.5, 0.6) is 0 Å². The maximum absolute atomic E-state index is 13.0. The molecule has 4 nitrogen and oxygen atoms in total. The van der Waals surface area contributed by atoms with Crippen LogP contribution in [0.15, 0.2) is 18.3 Å². The van der Waals surface area contributed by atoms with Crippen molar-refractivity contribution in [2.45, 2.75) is 12.4 Å². The number of halogens is 8. The number of carbonyl (C=O) groups excluding carboxylic acids is 1. The second-order valence-electron chi connectivity index (χ2n) is 4.61. The van der Waals surface area contributed by atoms with Crippen molar-refractivity contribution in [2.24, 2.45) is 0 Å². The second kappa shape index (κ2) is 6.41. The zero-order valence-electron chi connectivity index (χ0n) is 12.0. The molecular weight excluding hydrogens is 401 g/mol. The number of esters is 1. The molecule has 1 aromatic heterocycles. The Morgan fingerprint density at radius 2 is 1.60 bits per heavy atom. The molecule has 2 rings (SSSR count). The molecule has 0 N–H and O–H groups in total. The molecule has 2 aromatic rings. The number of nitrogens with zero attached hydrogens (tertiary/aromatic N) is 2. The number of aromatic nitrogens is 2. The number of carbonyl (C=O) groups is 1. The smallest absolute Gasteiger partial charge is 0.436 e. The van der Waals surface area contributed by atoms with E-state index in [0.29, 0.717) is 23.0 Å². The van der Waals surface area contributed by atoms with Crippen LogP contribution in [0, 0.1) is 0 Å². The molecule has 0 amide bonds. The summed E-state index contributed by atoms with van der Waals surface area (Å²) in [7, 11) is 0.859. The Morgan fingerprint density at radius 1 is 1.08 bits per heavy atom. The van der Waals surface area contributed by atoms with Crippen molar-refractivity contribution in [3.63, 3.8) is 0 Å². The van der Waals surface area contributed by atoms with Crippen LogP contribution >= 0.6 is 23.2 Å². The molecule has 0 aliphatic rings. The summed E-state index contributed by atoms with van der Waals surface area (Å²) >= 11 is 11.4. The first-order chi connectivity index (χ1) is 11.4. The van der Waals surface area contributed by atoms with Crippen LogP contribution in [0.4, 0.5) is 26.3 Å². The lowest BCUT2D eigenvalue weighted by atomic mass is 10.2. The highest BCUT2D eigenvalue weighted by molar-refractivity contribution is 6.37. The van der Waals surface area contributed by atoms with Crippen LogP contribution in [0.25, 0.3) is 5.69 Å². The van der Waals surface area contributed by atoms with Crippen molar-refractivity contribution in [3.05, 3.63) is 45.2 Å². The molecule has 0 aliphatic heterocycles. The number of methoxy groups -OCH3 is 1. The minimum atomic E-state index is -5.01. The van der Waals surface area contributed by atoms with Crippen LogP contribution in [-0.2, 0) is 17.1 Å². The third-order valence-electron chi connectivity index (χ3n) is 2.96. The van der Waals surface area contributed by atoms with Crippen LogP contribution in [-0.4, -0.2) is 22.9 Å². The van der Waals surface area contributed by atoms with Crippen LogP contribution in [0.2, 0.25) is 10.0 Å². The number of benzene rings is 1. The third kappa shape index (κ3) is 3.84. The minimum absolute atomic E-state index is 0.447. The van der Waals surface area contributed by atoms with Crippen molar-refractivity contribution >= 4 is 29.2 Å². The molecule has 0 aliphatic carbocycles. The molecule has 136 valence electrons. The fourth-order valence-electron chi connectivity index (χ4n) is 1.91. The summed E-state index contributed by atoms with van der Waals surface area (Å²) in [6.45, 7) is 0. The standard InChI is InChI=1S/C13H6Cl2F6N2O2/c1-25-11(24)6-4-23(22-10(6)13(19,20)21)9-7(14)2-5(3-8(9)15)12(16,17)18/h2-4H,1H3. The Kier molecular flexibility index (Phi) is 4.97. The van der Waals surface area contributed by atoms with E-state index in [4.69, 9.17) is 23.2 Å². The Balaban J connectivity index is 2.68. The molecule has 1 aromatic carbocycles. The number of hydrogen-bond acceptors (Lipinski definition) is 3. The van der Waals surface area contributed by atoms with Gasteiger partial charge in [0.1, 0.15) is 11.3 Å². The van der Waals surface area contributed by atoms with Gasteiger partial charge in [-0.05, 0) is 12.1 Å². The average Bonchev–Trinajstić information content (AvgIpc) is 2.89. The predicted octanol–water partition coefficient (Wildman–Crippen LogP) is 5.00. The van der Waals surface area contributed by atoms with Gasteiger partial charge in [-0.1, -0.05) is 23.2 Å². The van der Waals surface area contributed by atoms with E-state index in [1.165, 1.54) is 0 Å². The van der Waals surface area contributed by atoms with Gasteiger partial charge in [-0.25, -0.2) is 9.48 Å². The molecule has 12 heteroatoms. The lowest BCUT2D eigenvalue weighted by Crippen LogP contribution is -2.13. The highest BCUT2D eigenvalue weighted by Gasteiger charge is 2.40. The number of ether oxygens (including phenoxy) is 1. The van der Waals surface area contributed by atoms with Crippen LogP contribution in [0.3, 0.4) is 0 Å². The fraction of sp³-hybridized carbons (Fsp3) is 0.231. The summed E-state index contributed by atoms with van der Waals surface area (Å²) in [6, 6.07) is 0.963. The maximum atomic E-state index is 13.0. The molecule has 1 heterocycles. The van der Waals surface area contributed by atoms with Crippen molar-refractivity contribution < 1.29 is 35.9 Å². The van der Waals surface area contributed by atoms with E-state index in [-0.39, 0.29) is 0 Å².